The Morgan fingerprint density at radius 3 is 3.19 bits per heavy atom. The lowest BCUT2D eigenvalue weighted by molar-refractivity contribution is -0.124. The molecule has 2 rings (SSSR count). The second kappa shape index (κ2) is 5.15. The Bertz CT molecular complexity index is 257. The number of carbonyl (C=O) groups is 1. The maximum atomic E-state index is 11.6. The lowest BCUT2D eigenvalue weighted by atomic mass is 9.91. The van der Waals surface area contributed by atoms with Crippen molar-refractivity contribution in [3.8, 4) is 0 Å². The first-order valence-corrected chi connectivity index (χ1v) is 6.38. The van der Waals surface area contributed by atoms with Crippen molar-refractivity contribution in [2.75, 3.05) is 33.2 Å². The second-order valence-corrected chi connectivity index (χ2v) is 5.22. The van der Waals surface area contributed by atoms with Gasteiger partial charge in [0.25, 0.3) is 0 Å². The van der Waals surface area contributed by atoms with Crippen LogP contribution < -0.4 is 10.6 Å². The van der Waals surface area contributed by atoms with Crippen LogP contribution in [-0.4, -0.2) is 50.1 Å². The molecule has 4 heteroatoms. The van der Waals surface area contributed by atoms with Crippen LogP contribution in [0.5, 0.6) is 0 Å². The molecular formula is C12H23N3O. The van der Waals surface area contributed by atoms with Crippen LogP contribution in [0, 0.1) is 11.8 Å². The van der Waals surface area contributed by atoms with Crippen molar-refractivity contribution in [1.29, 1.82) is 0 Å². The van der Waals surface area contributed by atoms with E-state index in [0.29, 0.717) is 12.0 Å². The highest BCUT2D eigenvalue weighted by molar-refractivity contribution is 5.82. The van der Waals surface area contributed by atoms with Crippen molar-refractivity contribution in [2.45, 2.75) is 25.8 Å². The van der Waals surface area contributed by atoms with Gasteiger partial charge < -0.3 is 10.6 Å². The Balaban J connectivity index is 1.91. The molecule has 0 aromatic rings. The topological polar surface area (TPSA) is 44.4 Å². The van der Waals surface area contributed by atoms with Crippen LogP contribution in [0.3, 0.4) is 0 Å². The Morgan fingerprint density at radius 1 is 1.62 bits per heavy atom. The van der Waals surface area contributed by atoms with E-state index in [-0.39, 0.29) is 11.8 Å². The summed E-state index contributed by atoms with van der Waals surface area (Å²) in [6.07, 6.45) is 2.24. The summed E-state index contributed by atoms with van der Waals surface area (Å²) < 4.78 is 0. The van der Waals surface area contributed by atoms with Crippen molar-refractivity contribution in [1.82, 2.24) is 15.5 Å². The van der Waals surface area contributed by atoms with Gasteiger partial charge in [-0.05, 0) is 38.9 Å². The first kappa shape index (κ1) is 11.9. The molecule has 2 aliphatic heterocycles. The van der Waals surface area contributed by atoms with Gasteiger partial charge in [-0.3, -0.25) is 9.69 Å². The predicted molar refractivity (Wildman–Crippen MR) is 64.2 cm³/mol. The Labute approximate surface area is 97.8 Å². The zero-order valence-corrected chi connectivity index (χ0v) is 10.3. The number of amides is 1. The van der Waals surface area contributed by atoms with Gasteiger partial charge in [0.15, 0.2) is 0 Å². The molecule has 4 nitrogen and oxygen atoms in total. The maximum Gasteiger partial charge on any atom is 0.224 e. The highest BCUT2D eigenvalue weighted by atomic mass is 16.2. The van der Waals surface area contributed by atoms with Crippen LogP contribution in [0.4, 0.5) is 0 Å². The molecule has 2 heterocycles. The number of rotatable bonds is 4. The summed E-state index contributed by atoms with van der Waals surface area (Å²) in [7, 11) is 2.00. The monoisotopic (exact) mass is 225 g/mol. The second-order valence-electron chi connectivity index (χ2n) is 5.22. The van der Waals surface area contributed by atoms with Gasteiger partial charge in [0, 0.05) is 19.1 Å². The number of hydrogen-bond donors (Lipinski definition) is 2. The first-order chi connectivity index (χ1) is 7.72. The zero-order valence-electron chi connectivity index (χ0n) is 10.3. The zero-order chi connectivity index (χ0) is 11.5. The summed E-state index contributed by atoms with van der Waals surface area (Å²) in [5.41, 5.74) is 0. The summed E-state index contributed by atoms with van der Waals surface area (Å²) in [5.74, 6) is 1.19. The standard InChI is InChI=1S/C12H23N3O/c1-9(6-13-2)8-15-5-3-4-10-11(15)7-14-12(10)16/h9-11,13H,3-8H2,1-2H3,(H,14,16). The third-order valence-corrected chi connectivity index (χ3v) is 3.81. The highest BCUT2D eigenvalue weighted by Crippen LogP contribution is 2.27. The minimum Gasteiger partial charge on any atom is -0.354 e. The minimum absolute atomic E-state index is 0.260. The van der Waals surface area contributed by atoms with Gasteiger partial charge in [0.1, 0.15) is 0 Å². The number of nitrogens with one attached hydrogen (secondary N) is 2. The molecule has 2 fully saturated rings. The molecule has 3 unspecified atom stereocenters. The van der Waals surface area contributed by atoms with Crippen LogP contribution in [0.2, 0.25) is 0 Å². The average molecular weight is 225 g/mol. The van der Waals surface area contributed by atoms with E-state index in [1.165, 1.54) is 6.42 Å². The molecule has 0 saturated carbocycles. The van der Waals surface area contributed by atoms with Gasteiger partial charge >= 0.3 is 0 Å². The van der Waals surface area contributed by atoms with Gasteiger partial charge in [-0.2, -0.15) is 0 Å². The van der Waals surface area contributed by atoms with Gasteiger partial charge in [-0.25, -0.2) is 0 Å². The molecule has 0 bridgehead atoms. The molecule has 92 valence electrons. The van der Waals surface area contributed by atoms with Crippen LogP contribution in [0.25, 0.3) is 0 Å². The number of fused-ring (bicyclic) bond motifs is 1. The van der Waals surface area contributed by atoms with E-state index >= 15 is 0 Å². The van der Waals surface area contributed by atoms with Crippen molar-refractivity contribution in [3.63, 3.8) is 0 Å². The quantitative estimate of drug-likeness (QED) is 0.711. The first-order valence-electron chi connectivity index (χ1n) is 6.38. The van der Waals surface area contributed by atoms with E-state index < -0.39 is 0 Å². The van der Waals surface area contributed by atoms with E-state index in [2.05, 4.69) is 22.5 Å². The van der Waals surface area contributed by atoms with E-state index in [9.17, 15) is 4.79 Å². The molecular weight excluding hydrogens is 202 g/mol. The van der Waals surface area contributed by atoms with Gasteiger partial charge in [-0.15, -0.1) is 0 Å². The predicted octanol–water partition coefficient (Wildman–Crippen LogP) is 0.0523. The van der Waals surface area contributed by atoms with Crippen LogP contribution in [0.1, 0.15) is 19.8 Å². The molecule has 0 radical (unpaired) electrons. The van der Waals surface area contributed by atoms with Crippen molar-refractivity contribution in [3.05, 3.63) is 0 Å². The number of nitrogens with zero attached hydrogens (tertiary/aromatic N) is 1. The lowest BCUT2D eigenvalue weighted by Gasteiger charge is -2.37. The van der Waals surface area contributed by atoms with Crippen molar-refractivity contribution < 1.29 is 4.79 Å². The molecule has 0 aliphatic carbocycles. The third-order valence-electron chi connectivity index (χ3n) is 3.81. The SMILES string of the molecule is CNCC(C)CN1CCCC2C(=O)NCC21. The molecule has 2 N–H and O–H groups in total. The summed E-state index contributed by atoms with van der Waals surface area (Å²) >= 11 is 0. The highest BCUT2D eigenvalue weighted by Gasteiger charge is 2.40. The number of piperidine rings is 1. The summed E-state index contributed by atoms with van der Waals surface area (Å²) in [6.45, 7) is 6.44. The summed E-state index contributed by atoms with van der Waals surface area (Å²) in [4.78, 5) is 14.1. The third kappa shape index (κ3) is 2.38. The Kier molecular flexibility index (Phi) is 3.82. The van der Waals surface area contributed by atoms with E-state index in [1.807, 2.05) is 7.05 Å². The van der Waals surface area contributed by atoms with Gasteiger partial charge in [0.05, 0.1) is 5.92 Å². The fourth-order valence-corrected chi connectivity index (χ4v) is 3.08. The summed E-state index contributed by atoms with van der Waals surface area (Å²) in [6, 6.07) is 0.459. The molecule has 16 heavy (non-hydrogen) atoms. The smallest absolute Gasteiger partial charge is 0.224 e. The van der Waals surface area contributed by atoms with Crippen molar-refractivity contribution in [2.24, 2.45) is 11.8 Å². The van der Waals surface area contributed by atoms with Crippen molar-refractivity contribution >= 4 is 5.91 Å². The lowest BCUT2D eigenvalue weighted by Crippen LogP contribution is -2.48. The van der Waals surface area contributed by atoms with E-state index in [4.69, 9.17) is 0 Å². The molecule has 3 atom stereocenters. The van der Waals surface area contributed by atoms with Gasteiger partial charge in [0.2, 0.25) is 5.91 Å². The number of likely N-dealkylation sites (tertiary alicyclic amines) is 1. The number of carbonyl (C=O) groups excluding carboxylic acids is 1. The molecule has 2 aliphatic rings. The molecule has 0 aromatic carbocycles. The number of hydrogen-bond acceptors (Lipinski definition) is 3. The van der Waals surface area contributed by atoms with E-state index in [1.54, 1.807) is 0 Å². The van der Waals surface area contributed by atoms with Gasteiger partial charge in [-0.1, -0.05) is 6.92 Å². The molecule has 0 aromatic heterocycles. The Morgan fingerprint density at radius 2 is 2.44 bits per heavy atom. The van der Waals surface area contributed by atoms with E-state index in [0.717, 1.165) is 32.6 Å². The Hall–Kier alpha value is -0.610. The molecule has 0 spiro atoms. The fraction of sp³-hybridized carbons (Fsp3) is 0.917. The molecule has 2 saturated heterocycles. The maximum absolute atomic E-state index is 11.6. The molecule has 1 amide bonds. The average Bonchev–Trinajstić information content (AvgIpc) is 2.62. The minimum atomic E-state index is 0.260. The largest absolute Gasteiger partial charge is 0.354 e. The van der Waals surface area contributed by atoms with Crippen LogP contribution >= 0.6 is 0 Å². The normalized spacial score (nSPS) is 32.2. The fourth-order valence-electron chi connectivity index (χ4n) is 3.08. The summed E-state index contributed by atoms with van der Waals surface area (Å²) in [5, 5.41) is 6.22. The van der Waals surface area contributed by atoms with Crippen LogP contribution in [0.15, 0.2) is 0 Å². The van der Waals surface area contributed by atoms with Crippen LogP contribution in [-0.2, 0) is 4.79 Å².